The summed E-state index contributed by atoms with van der Waals surface area (Å²) in [5, 5.41) is 11.5. The van der Waals surface area contributed by atoms with Crippen molar-refractivity contribution in [2.45, 2.75) is 19.9 Å². The molecule has 0 fully saturated rings. The summed E-state index contributed by atoms with van der Waals surface area (Å²) < 4.78 is 1.09. The lowest BCUT2D eigenvalue weighted by Crippen LogP contribution is -2.17. The van der Waals surface area contributed by atoms with Crippen LogP contribution in [-0.2, 0) is 11.3 Å². The predicted molar refractivity (Wildman–Crippen MR) is 62.8 cm³/mol. The van der Waals surface area contributed by atoms with Gasteiger partial charge in [0.1, 0.15) is 0 Å². The quantitative estimate of drug-likeness (QED) is 0.809. The van der Waals surface area contributed by atoms with Gasteiger partial charge in [-0.15, -0.1) is 0 Å². The molecule has 0 spiro atoms. The summed E-state index contributed by atoms with van der Waals surface area (Å²) >= 11 is 3.43. The van der Waals surface area contributed by atoms with Crippen LogP contribution in [0, 0.1) is 6.92 Å². The molecule has 0 aliphatic carbocycles. The molecular weight excluding hydrogens is 258 g/mol. The van der Waals surface area contributed by atoms with Crippen molar-refractivity contribution in [1.29, 1.82) is 0 Å². The van der Waals surface area contributed by atoms with Crippen molar-refractivity contribution in [3.63, 3.8) is 0 Å². The number of rotatable bonds is 5. The average molecular weight is 272 g/mol. The van der Waals surface area contributed by atoms with Gasteiger partial charge in [-0.3, -0.25) is 4.79 Å². The summed E-state index contributed by atoms with van der Waals surface area (Å²) in [7, 11) is 0. The van der Waals surface area contributed by atoms with Gasteiger partial charge in [-0.1, -0.05) is 28.1 Å². The van der Waals surface area contributed by atoms with E-state index in [0.717, 1.165) is 4.47 Å². The van der Waals surface area contributed by atoms with Crippen LogP contribution in [0.1, 0.15) is 17.5 Å². The number of aryl methyl sites for hydroxylation is 1. The summed E-state index contributed by atoms with van der Waals surface area (Å²) in [5.74, 6) is -0.769. The van der Waals surface area contributed by atoms with E-state index >= 15 is 0 Å². The molecule has 0 aromatic heterocycles. The molecular formula is C11H14BrNO2. The van der Waals surface area contributed by atoms with E-state index in [-0.39, 0.29) is 6.42 Å². The molecule has 1 aromatic rings. The Labute approximate surface area is 97.6 Å². The van der Waals surface area contributed by atoms with Gasteiger partial charge in [-0.2, -0.15) is 0 Å². The minimum atomic E-state index is -0.769. The number of halogens is 1. The lowest BCUT2D eigenvalue weighted by Gasteiger charge is -2.05. The summed E-state index contributed by atoms with van der Waals surface area (Å²) in [5.41, 5.74) is 2.36. The Morgan fingerprint density at radius 1 is 1.53 bits per heavy atom. The summed E-state index contributed by atoms with van der Waals surface area (Å²) in [6.07, 6.45) is 0.162. The lowest BCUT2D eigenvalue weighted by atomic mass is 10.1. The van der Waals surface area contributed by atoms with Crippen molar-refractivity contribution < 1.29 is 9.90 Å². The topological polar surface area (TPSA) is 49.3 Å². The van der Waals surface area contributed by atoms with Crippen LogP contribution in [-0.4, -0.2) is 17.6 Å². The molecule has 15 heavy (non-hydrogen) atoms. The van der Waals surface area contributed by atoms with E-state index in [1.807, 2.05) is 19.1 Å². The molecule has 0 bridgehead atoms. The number of nitrogens with one attached hydrogen (secondary N) is 1. The first-order valence-corrected chi connectivity index (χ1v) is 5.56. The second-order valence-corrected chi connectivity index (χ2v) is 4.26. The smallest absolute Gasteiger partial charge is 0.304 e. The monoisotopic (exact) mass is 271 g/mol. The van der Waals surface area contributed by atoms with E-state index < -0.39 is 5.97 Å². The molecule has 82 valence electrons. The third-order valence-corrected chi connectivity index (χ3v) is 2.96. The van der Waals surface area contributed by atoms with Crippen LogP contribution in [0.5, 0.6) is 0 Å². The molecule has 2 N–H and O–H groups in total. The number of aliphatic carboxylic acids is 1. The Hall–Kier alpha value is -0.870. The van der Waals surface area contributed by atoms with Crippen LogP contribution in [0.15, 0.2) is 22.7 Å². The SMILES string of the molecule is Cc1cc(CNCCC(=O)O)ccc1Br. The van der Waals surface area contributed by atoms with Gasteiger partial charge in [-0.05, 0) is 24.1 Å². The first kappa shape index (κ1) is 12.2. The van der Waals surface area contributed by atoms with Crippen molar-refractivity contribution in [3.8, 4) is 0 Å². The Kier molecular flexibility index (Phi) is 4.78. The number of hydrogen-bond acceptors (Lipinski definition) is 2. The van der Waals surface area contributed by atoms with Crippen molar-refractivity contribution in [2.75, 3.05) is 6.54 Å². The zero-order valence-corrected chi connectivity index (χ0v) is 10.2. The van der Waals surface area contributed by atoms with E-state index in [9.17, 15) is 4.79 Å². The van der Waals surface area contributed by atoms with Crippen LogP contribution in [0.2, 0.25) is 0 Å². The zero-order chi connectivity index (χ0) is 11.3. The highest BCUT2D eigenvalue weighted by atomic mass is 79.9. The van der Waals surface area contributed by atoms with Crippen LogP contribution < -0.4 is 5.32 Å². The molecule has 0 radical (unpaired) electrons. The van der Waals surface area contributed by atoms with Crippen molar-refractivity contribution in [1.82, 2.24) is 5.32 Å². The highest BCUT2D eigenvalue weighted by molar-refractivity contribution is 9.10. The molecule has 0 aliphatic heterocycles. The Morgan fingerprint density at radius 3 is 2.87 bits per heavy atom. The van der Waals surface area contributed by atoms with Gasteiger partial charge in [-0.25, -0.2) is 0 Å². The van der Waals surface area contributed by atoms with Gasteiger partial charge < -0.3 is 10.4 Å². The largest absolute Gasteiger partial charge is 0.481 e. The maximum atomic E-state index is 10.3. The first-order chi connectivity index (χ1) is 7.09. The number of carboxylic acid groups (broad SMARTS) is 1. The number of hydrogen-bond donors (Lipinski definition) is 2. The first-order valence-electron chi connectivity index (χ1n) is 4.77. The molecule has 0 saturated carbocycles. The fourth-order valence-electron chi connectivity index (χ4n) is 1.24. The van der Waals surface area contributed by atoms with Gasteiger partial charge in [0, 0.05) is 17.6 Å². The van der Waals surface area contributed by atoms with Gasteiger partial charge in [0.15, 0.2) is 0 Å². The van der Waals surface area contributed by atoms with Crippen LogP contribution in [0.3, 0.4) is 0 Å². The maximum Gasteiger partial charge on any atom is 0.304 e. The highest BCUT2D eigenvalue weighted by Gasteiger charge is 1.98. The summed E-state index contributed by atoms with van der Waals surface area (Å²) in [6.45, 7) is 3.25. The molecule has 3 nitrogen and oxygen atoms in total. The molecule has 0 saturated heterocycles. The minimum Gasteiger partial charge on any atom is -0.481 e. The Bertz CT molecular complexity index is 352. The third kappa shape index (κ3) is 4.44. The van der Waals surface area contributed by atoms with Crippen molar-refractivity contribution in [3.05, 3.63) is 33.8 Å². The minimum absolute atomic E-state index is 0.162. The molecule has 0 unspecified atom stereocenters. The second kappa shape index (κ2) is 5.88. The summed E-state index contributed by atoms with van der Waals surface area (Å²) in [4.78, 5) is 10.3. The lowest BCUT2D eigenvalue weighted by molar-refractivity contribution is -0.136. The summed E-state index contributed by atoms with van der Waals surface area (Å²) in [6, 6.07) is 6.10. The van der Waals surface area contributed by atoms with Gasteiger partial charge >= 0.3 is 5.97 Å². The molecule has 0 aliphatic rings. The van der Waals surface area contributed by atoms with Crippen LogP contribution in [0.4, 0.5) is 0 Å². The molecule has 1 aromatic carbocycles. The van der Waals surface area contributed by atoms with E-state index in [4.69, 9.17) is 5.11 Å². The van der Waals surface area contributed by atoms with Crippen molar-refractivity contribution >= 4 is 21.9 Å². The van der Waals surface area contributed by atoms with Gasteiger partial charge in [0.05, 0.1) is 6.42 Å². The highest BCUT2D eigenvalue weighted by Crippen LogP contribution is 2.16. The van der Waals surface area contributed by atoms with E-state index in [2.05, 4.69) is 27.3 Å². The third-order valence-electron chi connectivity index (χ3n) is 2.07. The maximum absolute atomic E-state index is 10.3. The van der Waals surface area contributed by atoms with Gasteiger partial charge in [0.25, 0.3) is 0 Å². The Morgan fingerprint density at radius 2 is 2.27 bits per heavy atom. The van der Waals surface area contributed by atoms with Crippen molar-refractivity contribution in [2.24, 2.45) is 0 Å². The van der Waals surface area contributed by atoms with Crippen LogP contribution >= 0.6 is 15.9 Å². The molecule has 0 amide bonds. The molecule has 1 rings (SSSR count). The predicted octanol–water partition coefficient (Wildman–Crippen LogP) is 2.32. The normalized spacial score (nSPS) is 10.3. The molecule has 0 heterocycles. The zero-order valence-electron chi connectivity index (χ0n) is 8.59. The van der Waals surface area contributed by atoms with Gasteiger partial charge in [0.2, 0.25) is 0 Å². The number of benzene rings is 1. The standard InChI is InChI=1S/C11H14BrNO2/c1-8-6-9(2-3-10(8)12)7-13-5-4-11(14)15/h2-3,6,13H,4-5,7H2,1H3,(H,14,15). The van der Waals surface area contributed by atoms with E-state index in [1.165, 1.54) is 11.1 Å². The number of carboxylic acids is 1. The fourth-order valence-corrected chi connectivity index (χ4v) is 1.49. The van der Waals surface area contributed by atoms with E-state index in [0.29, 0.717) is 13.1 Å². The van der Waals surface area contributed by atoms with Crippen LogP contribution in [0.25, 0.3) is 0 Å². The molecule has 4 heteroatoms. The second-order valence-electron chi connectivity index (χ2n) is 3.40. The number of carbonyl (C=O) groups is 1. The fraction of sp³-hybridized carbons (Fsp3) is 0.364. The molecule has 0 atom stereocenters. The van der Waals surface area contributed by atoms with E-state index in [1.54, 1.807) is 0 Å². The Balaban J connectivity index is 2.38. The average Bonchev–Trinajstić information content (AvgIpc) is 2.18.